The van der Waals surface area contributed by atoms with Crippen molar-refractivity contribution >= 4 is 46.1 Å². The summed E-state index contributed by atoms with van der Waals surface area (Å²) in [5.74, 6) is -1.51. The van der Waals surface area contributed by atoms with E-state index in [1.165, 1.54) is 21.2 Å². The van der Waals surface area contributed by atoms with Gasteiger partial charge in [-0.15, -0.1) is 11.3 Å². The van der Waals surface area contributed by atoms with Gasteiger partial charge in [-0.05, 0) is 81.7 Å². The highest BCUT2D eigenvalue weighted by Gasteiger charge is 2.54. The van der Waals surface area contributed by atoms with Gasteiger partial charge in [-0.2, -0.15) is 0 Å². The van der Waals surface area contributed by atoms with Crippen LogP contribution in [-0.2, 0) is 48.0 Å². The number of urea groups is 1. The van der Waals surface area contributed by atoms with Crippen LogP contribution in [0.2, 0.25) is 0 Å². The second-order valence-electron chi connectivity index (χ2n) is 20.3. The minimum absolute atomic E-state index is 0.110. The first kappa shape index (κ1) is 48.5. The quantitative estimate of drug-likeness (QED) is 0.113. The Morgan fingerprint density at radius 3 is 2.61 bits per heavy atom. The summed E-state index contributed by atoms with van der Waals surface area (Å²) in [6.45, 7) is 16.1. The van der Waals surface area contributed by atoms with Crippen molar-refractivity contribution < 1.29 is 33.4 Å². The van der Waals surface area contributed by atoms with Gasteiger partial charge >= 0.3 is 12.0 Å². The van der Waals surface area contributed by atoms with Crippen LogP contribution < -0.4 is 16.1 Å². The average Bonchev–Trinajstić information content (AvgIpc) is 3.88. The number of fused-ring (bicyclic) bond motifs is 6. The normalized spacial score (nSPS) is 21.6. The molecule has 17 heteroatoms. The van der Waals surface area contributed by atoms with Crippen LogP contribution in [0.4, 0.5) is 4.79 Å². The smallest absolute Gasteiger partial charge is 0.324 e. The molecule has 3 fully saturated rings. The van der Waals surface area contributed by atoms with E-state index < -0.39 is 35.4 Å². The number of hydrogen-bond donors (Lipinski definition) is 3. The minimum Gasteiger partial charge on any atom is -0.464 e. The van der Waals surface area contributed by atoms with Gasteiger partial charge in [-0.3, -0.25) is 24.4 Å². The average molecular weight is 940 g/mol. The summed E-state index contributed by atoms with van der Waals surface area (Å²) >= 11 is 1.43. The van der Waals surface area contributed by atoms with Crippen molar-refractivity contribution in [3.8, 4) is 22.5 Å². The highest BCUT2D eigenvalue weighted by atomic mass is 32.1. The molecule has 67 heavy (non-hydrogen) atoms. The number of thiazole rings is 1. The molecule has 4 aliphatic rings. The number of likely N-dealkylation sites (tertiary alicyclic amines) is 1. The van der Waals surface area contributed by atoms with Gasteiger partial charge in [-0.1, -0.05) is 33.8 Å². The van der Waals surface area contributed by atoms with Gasteiger partial charge in [0.1, 0.15) is 18.1 Å². The van der Waals surface area contributed by atoms with Crippen LogP contribution >= 0.6 is 11.3 Å². The van der Waals surface area contributed by atoms with E-state index in [-0.39, 0.29) is 42.4 Å². The summed E-state index contributed by atoms with van der Waals surface area (Å²) in [5, 5.41) is 11.8. The number of hydrazine groups is 1. The number of hydrogen-bond acceptors (Lipinski definition) is 12. The number of carbonyl (C=O) groups excluding carboxylic acids is 4. The number of likely N-dealkylation sites (N-methyl/N-ethyl adjacent to an activating group) is 1. The number of nitrogens with zero attached hydrogens (tertiary/aromatic N) is 6. The molecule has 1 spiro atoms. The molecule has 6 heterocycles. The number of methoxy groups -OCH3 is 2. The lowest BCUT2D eigenvalue weighted by atomic mass is 9.60. The lowest BCUT2D eigenvalue weighted by Crippen LogP contribution is -2.69. The monoisotopic (exact) mass is 940 g/mol. The molecule has 4 aromatic rings. The third kappa shape index (κ3) is 9.98. The molecule has 0 radical (unpaired) electrons. The van der Waals surface area contributed by atoms with Crippen LogP contribution in [0.3, 0.4) is 0 Å². The number of benzene rings is 1. The Morgan fingerprint density at radius 2 is 1.90 bits per heavy atom. The second kappa shape index (κ2) is 20.0. The fourth-order valence-corrected chi connectivity index (χ4v) is 11.6. The summed E-state index contributed by atoms with van der Waals surface area (Å²) in [6, 6.07) is 8.05. The molecule has 4 amide bonds. The number of rotatable bonds is 12. The molecular formula is C50H69N9O7S. The summed E-state index contributed by atoms with van der Waals surface area (Å²) in [7, 11) is 5.06. The topological polar surface area (TPSA) is 172 Å². The Kier molecular flexibility index (Phi) is 14.4. The van der Waals surface area contributed by atoms with E-state index in [0.717, 1.165) is 64.1 Å². The van der Waals surface area contributed by atoms with Crippen LogP contribution in [0, 0.1) is 16.7 Å². The van der Waals surface area contributed by atoms with Crippen LogP contribution in [0.1, 0.15) is 89.6 Å². The summed E-state index contributed by atoms with van der Waals surface area (Å²) < 4.78 is 19.4. The molecule has 1 aliphatic carbocycles. The van der Waals surface area contributed by atoms with E-state index in [0.29, 0.717) is 63.1 Å². The Hall–Kier alpha value is -4.94. The van der Waals surface area contributed by atoms with Crippen LogP contribution in [-0.4, -0.2) is 138 Å². The molecule has 8 rings (SSSR count). The van der Waals surface area contributed by atoms with Crippen molar-refractivity contribution in [1.82, 2.24) is 45.4 Å². The van der Waals surface area contributed by atoms with E-state index in [9.17, 15) is 19.2 Å². The first-order valence-electron chi connectivity index (χ1n) is 23.9. The molecule has 2 saturated heterocycles. The number of aryl methyl sites for hydroxylation is 1. The molecule has 6 bridgehead atoms. The number of aromatic nitrogens is 3. The standard InChI is InChI=1S/C50H69N9O7S/c1-10-58-40-16-15-32-21-35(40)36(44(58)34-13-11-17-52-42(34)31(4)65-9)25-49(5,6)29-66-47(62)37-14-12-19-59(55-37)46(61)38(22-41-53-39(32)26-67-41)54-45(60)43(30(2)3)56(7)48(63)57-27-50(28-57)23-33(24-50)51-18-20-64-8/h11,13,15-17,21,26,30-31,33,37-38,43,51,55H,10,12,14,18-20,22-25,27-29H2,1-9H3,(H,54,60)/t31-,37-,38-,43?/m0/s1. The Morgan fingerprint density at radius 1 is 1.12 bits per heavy atom. The fourth-order valence-electron chi connectivity index (χ4n) is 10.7. The number of ether oxygens (including phenoxy) is 3. The van der Waals surface area contributed by atoms with E-state index in [1.54, 1.807) is 27.5 Å². The molecule has 1 unspecified atom stereocenters. The molecule has 3 aromatic heterocycles. The number of carbonyl (C=O) groups is 4. The van der Waals surface area contributed by atoms with Crippen molar-refractivity contribution in [3.05, 3.63) is 58.2 Å². The number of cyclic esters (lactones) is 1. The lowest BCUT2D eigenvalue weighted by Gasteiger charge is -2.59. The van der Waals surface area contributed by atoms with Gasteiger partial charge in [0.2, 0.25) is 5.91 Å². The lowest BCUT2D eigenvalue weighted by molar-refractivity contribution is -0.155. The first-order valence-corrected chi connectivity index (χ1v) is 24.8. The van der Waals surface area contributed by atoms with Crippen LogP contribution in [0.25, 0.3) is 33.4 Å². The fraction of sp³-hybridized carbons (Fsp3) is 0.600. The maximum Gasteiger partial charge on any atom is 0.324 e. The van der Waals surface area contributed by atoms with Crippen molar-refractivity contribution in [3.63, 3.8) is 0 Å². The van der Waals surface area contributed by atoms with Crippen molar-refractivity contribution in [2.75, 3.05) is 60.7 Å². The zero-order chi connectivity index (χ0) is 47.8. The minimum atomic E-state index is -1.04. The molecule has 16 nitrogen and oxygen atoms in total. The van der Waals surface area contributed by atoms with E-state index in [1.807, 2.05) is 37.1 Å². The zero-order valence-electron chi connectivity index (χ0n) is 40.6. The van der Waals surface area contributed by atoms with Gasteiger partial charge in [0.15, 0.2) is 0 Å². The van der Waals surface area contributed by atoms with Crippen LogP contribution in [0.15, 0.2) is 41.9 Å². The molecule has 4 atom stereocenters. The number of pyridine rings is 1. The number of amides is 4. The predicted octanol–water partition coefficient (Wildman–Crippen LogP) is 5.98. The van der Waals surface area contributed by atoms with Gasteiger partial charge in [0, 0.05) is 111 Å². The van der Waals surface area contributed by atoms with Crippen molar-refractivity contribution in [2.45, 2.75) is 117 Å². The van der Waals surface area contributed by atoms with Gasteiger partial charge in [-0.25, -0.2) is 15.2 Å². The second-order valence-corrected chi connectivity index (χ2v) is 21.2. The summed E-state index contributed by atoms with van der Waals surface area (Å²) in [4.78, 5) is 70.3. The third-order valence-corrected chi connectivity index (χ3v) is 15.1. The maximum atomic E-state index is 14.7. The number of nitrogens with one attached hydrogen (secondary N) is 3. The van der Waals surface area contributed by atoms with Gasteiger partial charge in [0.25, 0.3) is 5.91 Å². The SMILES string of the molecule is CCn1c(-c2cccnc2[C@H](C)OC)c2c3cc(ccc31)-c1csc(n1)C[C@H](NC(=O)C(C(C)C)N(C)C(=O)N1CC3(CC(NCCOC)C3)C1)C(=O)N1CCC[C@H](N1)C(=O)OCC(C)(C)C2. The Labute approximate surface area is 398 Å². The molecule has 1 aromatic carbocycles. The maximum absolute atomic E-state index is 14.7. The van der Waals surface area contributed by atoms with E-state index >= 15 is 0 Å². The van der Waals surface area contributed by atoms with Gasteiger partial charge < -0.3 is 39.2 Å². The highest BCUT2D eigenvalue weighted by Crippen LogP contribution is 2.49. The molecule has 1 saturated carbocycles. The zero-order valence-corrected chi connectivity index (χ0v) is 41.5. The summed E-state index contributed by atoms with van der Waals surface area (Å²) in [5.41, 5.74) is 9.52. The van der Waals surface area contributed by atoms with E-state index in [4.69, 9.17) is 24.2 Å². The number of esters is 1. The van der Waals surface area contributed by atoms with Crippen LogP contribution in [0.5, 0.6) is 0 Å². The predicted molar refractivity (Wildman–Crippen MR) is 258 cm³/mol. The van der Waals surface area contributed by atoms with Gasteiger partial charge in [0.05, 0.1) is 41.4 Å². The molecule has 3 N–H and O–H groups in total. The van der Waals surface area contributed by atoms with E-state index in [2.05, 4.69) is 65.7 Å². The highest BCUT2D eigenvalue weighted by molar-refractivity contribution is 7.10. The Balaban J connectivity index is 1.10. The third-order valence-electron chi connectivity index (χ3n) is 14.2. The molecule has 3 aliphatic heterocycles. The van der Waals surface area contributed by atoms with Crippen molar-refractivity contribution in [2.24, 2.45) is 16.7 Å². The largest absolute Gasteiger partial charge is 0.464 e. The van der Waals surface area contributed by atoms with Crippen molar-refractivity contribution in [1.29, 1.82) is 0 Å². The molecule has 362 valence electrons. The molecular weight excluding hydrogens is 871 g/mol. The summed E-state index contributed by atoms with van der Waals surface area (Å²) in [6.07, 6.45) is 5.31. The first-order chi connectivity index (χ1) is 32.1. The Bertz CT molecular complexity index is 2450.